The second-order valence-electron chi connectivity index (χ2n) is 6.12. The minimum Gasteiger partial charge on any atom is -0.437 e. The van der Waals surface area contributed by atoms with Crippen molar-refractivity contribution >= 4 is 5.69 Å². The maximum absolute atomic E-state index is 6.10. The van der Waals surface area contributed by atoms with Crippen molar-refractivity contribution in [1.29, 1.82) is 0 Å². The molecule has 0 spiro atoms. The Balaban J connectivity index is 2.37. The van der Waals surface area contributed by atoms with Crippen LogP contribution in [-0.4, -0.2) is 9.78 Å². The predicted molar refractivity (Wildman–Crippen MR) is 87.1 cm³/mol. The average molecular weight is 287 g/mol. The van der Waals surface area contributed by atoms with Crippen LogP contribution in [-0.2, 0) is 0 Å². The normalized spacial score (nSPS) is 11.4. The van der Waals surface area contributed by atoms with E-state index in [0.717, 1.165) is 11.4 Å². The van der Waals surface area contributed by atoms with Gasteiger partial charge in [0.2, 0.25) is 5.88 Å². The summed E-state index contributed by atoms with van der Waals surface area (Å²) in [4.78, 5) is 0. The number of hydrogen-bond donors (Lipinski definition) is 1. The van der Waals surface area contributed by atoms with Crippen molar-refractivity contribution in [2.45, 2.75) is 53.5 Å². The molecule has 4 heteroatoms. The molecule has 0 aliphatic heterocycles. The van der Waals surface area contributed by atoms with E-state index in [4.69, 9.17) is 10.5 Å². The standard InChI is InChI=1S/C17H25N3O/c1-10(2)15-8-7-14(9-12(15)5)21-17-16(18)13(6)19-20(17)11(3)4/h7-11H,18H2,1-6H3. The van der Waals surface area contributed by atoms with Crippen LogP contribution < -0.4 is 10.5 Å². The molecule has 0 radical (unpaired) electrons. The van der Waals surface area contributed by atoms with E-state index in [2.05, 4.69) is 51.9 Å². The summed E-state index contributed by atoms with van der Waals surface area (Å²) in [5.74, 6) is 1.93. The molecule has 21 heavy (non-hydrogen) atoms. The van der Waals surface area contributed by atoms with E-state index in [1.54, 1.807) is 0 Å². The van der Waals surface area contributed by atoms with Crippen LogP contribution >= 0.6 is 0 Å². The van der Waals surface area contributed by atoms with Crippen LogP contribution in [0, 0.1) is 13.8 Å². The van der Waals surface area contributed by atoms with Gasteiger partial charge in [0.25, 0.3) is 0 Å². The summed E-state index contributed by atoms with van der Waals surface area (Å²) in [5, 5.41) is 4.44. The third-order valence-electron chi connectivity index (χ3n) is 3.65. The predicted octanol–water partition coefficient (Wildman–Crippen LogP) is 4.58. The lowest BCUT2D eigenvalue weighted by atomic mass is 9.98. The molecule has 0 amide bonds. The fraction of sp³-hybridized carbons (Fsp3) is 0.471. The number of anilines is 1. The van der Waals surface area contributed by atoms with Gasteiger partial charge in [0.05, 0.1) is 11.7 Å². The van der Waals surface area contributed by atoms with Gasteiger partial charge in [0, 0.05) is 0 Å². The summed E-state index contributed by atoms with van der Waals surface area (Å²) in [6.45, 7) is 12.5. The molecule has 0 bridgehead atoms. The van der Waals surface area contributed by atoms with Crippen LogP contribution in [0.25, 0.3) is 0 Å². The SMILES string of the molecule is Cc1cc(Oc2c(N)c(C)nn2C(C)C)ccc1C(C)C. The van der Waals surface area contributed by atoms with Crippen LogP contribution in [0.3, 0.4) is 0 Å². The van der Waals surface area contributed by atoms with Crippen molar-refractivity contribution in [2.75, 3.05) is 5.73 Å². The molecule has 1 aromatic heterocycles. The molecular weight excluding hydrogens is 262 g/mol. The molecule has 2 N–H and O–H groups in total. The summed E-state index contributed by atoms with van der Waals surface area (Å²) in [5.41, 5.74) is 10.1. The highest BCUT2D eigenvalue weighted by molar-refractivity contribution is 5.54. The number of nitrogens with two attached hydrogens (primary N) is 1. The highest BCUT2D eigenvalue weighted by Crippen LogP contribution is 2.33. The quantitative estimate of drug-likeness (QED) is 0.895. The van der Waals surface area contributed by atoms with Gasteiger partial charge in [-0.15, -0.1) is 0 Å². The first-order chi connectivity index (χ1) is 9.81. The van der Waals surface area contributed by atoms with Crippen LogP contribution in [0.4, 0.5) is 5.69 Å². The molecule has 0 unspecified atom stereocenters. The van der Waals surface area contributed by atoms with Gasteiger partial charge in [-0.25, -0.2) is 4.68 Å². The molecule has 0 aliphatic rings. The van der Waals surface area contributed by atoms with Crippen molar-refractivity contribution in [1.82, 2.24) is 9.78 Å². The number of rotatable bonds is 4. The zero-order valence-corrected chi connectivity index (χ0v) is 13.8. The zero-order valence-electron chi connectivity index (χ0n) is 13.8. The summed E-state index contributed by atoms with van der Waals surface area (Å²) in [6.07, 6.45) is 0. The molecule has 0 fully saturated rings. The zero-order chi connectivity index (χ0) is 15.7. The van der Waals surface area contributed by atoms with Crippen LogP contribution in [0.5, 0.6) is 11.6 Å². The van der Waals surface area contributed by atoms with Crippen molar-refractivity contribution < 1.29 is 4.74 Å². The number of aryl methyl sites for hydroxylation is 2. The van der Waals surface area contributed by atoms with E-state index in [1.165, 1.54) is 11.1 Å². The Morgan fingerprint density at radius 2 is 1.81 bits per heavy atom. The first kappa shape index (κ1) is 15.4. The number of aromatic nitrogens is 2. The lowest BCUT2D eigenvalue weighted by molar-refractivity contribution is 0.389. The fourth-order valence-corrected chi connectivity index (χ4v) is 2.46. The molecular formula is C17H25N3O. The molecule has 4 nitrogen and oxygen atoms in total. The second-order valence-corrected chi connectivity index (χ2v) is 6.12. The minimum atomic E-state index is 0.201. The van der Waals surface area contributed by atoms with Crippen molar-refractivity contribution in [3.05, 3.63) is 35.0 Å². The summed E-state index contributed by atoms with van der Waals surface area (Å²) in [7, 11) is 0. The smallest absolute Gasteiger partial charge is 0.241 e. The van der Waals surface area contributed by atoms with Crippen molar-refractivity contribution in [3.8, 4) is 11.6 Å². The van der Waals surface area contributed by atoms with E-state index in [9.17, 15) is 0 Å². The molecule has 1 aromatic carbocycles. The van der Waals surface area contributed by atoms with Crippen molar-refractivity contribution in [2.24, 2.45) is 0 Å². The van der Waals surface area contributed by atoms with Crippen LogP contribution in [0.1, 0.15) is 56.5 Å². The lowest BCUT2D eigenvalue weighted by Crippen LogP contribution is -2.05. The third kappa shape index (κ3) is 3.04. The van der Waals surface area contributed by atoms with E-state index in [-0.39, 0.29) is 6.04 Å². The Kier molecular flexibility index (Phi) is 4.26. The number of nitrogen functional groups attached to an aromatic ring is 1. The minimum absolute atomic E-state index is 0.201. The summed E-state index contributed by atoms with van der Waals surface area (Å²) >= 11 is 0. The first-order valence-corrected chi connectivity index (χ1v) is 7.44. The van der Waals surface area contributed by atoms with Gasteiger partial charge in [0.1, 0.15) is 11.4 Å². The highest BCUT2D eigenvalue weighted by Gasteiger charge is 2.17. The maximum atomic E-state index is 6.10. The Bertz CT molecular complexity index is 642. The molecule has 0 aliphatic carbocycles. The van der Waals surface area contributed by atoms with Crippen molar-refractivity contribution in [3.63, 3.8) is 0 Å². The topological polar surface area (TPSA) is 53.1 Å². The average Bonchev–Trinajstić information content (AvgIpc) is 2.67. The molecule has 114 valence electrons. The lowest BCUT2D eigenvalue weighted by Gasteiger charge is -2.15. The Hall–Kier alpha value is -1.97. The van der Waals surface area contributed by atoms with Gasteiger partial charge in [-0.05, 0) is 56.9 Å². The second kappa shape index (κ2) is 5.80. The molecule has 2 aromatic rings. The van der Waals surface area contributed by atoms with E-state index < -0.39 is 0 Å². The summed E-state index contributed by atoms with van der Waals surface area (Å²) in [6, 6.07) is 6.37. The van der Waals surface area contributed by atoms with E-state index in [1.807, 2.05) is 17.7 Å². The largest absolute Gasteiger partial charge is 0.437 e. The van der Waals surface area contributed by atoms with Gasteiger partial charge >= 0.3 is 0 Å². The first-order valence-electron chi connectivity index (χ1n) is 7.44. The van der Waals surface area contributed by atoms with Gasteiger partial charge in [-0.3, -0.25) is 0 Å². The van der Waals surface area contributed by atoms with E-state index in [0.29, 0.717) is 17.5 Å². The van der Waals surface area contributed by atoms with Gasteiger partial charge < -0.3 is 10.5 Å². The molecule has 1 heterocycles. The number of hydrogen-bond acceptors (Lipinski definition) is 3. The molecule has 0 atom stereocenters. The molecule has 0 saturated carbocycles. The monoisotopic (exact) mass is 287 g/mol. The Morgan fingerprint density at radius 1 is 1.14 bits per heavy atom. The van der Waals surface area contributed by atoms with Crippen LogP contribution in [0.2, 0.25) is 0 Å². The number of nitrogens with zero attached hydrogens (tertiary/aromatic N) is 2. The van der Waals surface area contributed by atoms with Gasteiger partial charge in [0.15, 0.2) is 0 Å². The number of ether oxygens (including phenoxy) is 1. The third-order valence-corrected chi connectivity index (χ3v) is 3.65. The molecule has 0 saturated heterocycles. The number of benzene rings is 1. The van der Waals surface area contributed by atoms with Gasteiger partial charge in [-0.2, -0.15) is 5.10 Å². The Morgan fingerprint density at radius 3 is 2.33 bits per heavy atom. The van der Waals surface area contributed by atoms with Gasteiger partial charge in [-0.1, -0.05) is 19.9 Å². The highest BCUT2D eigenvalue weighted by atomic mass is 16.5. The molecule has 2 rings (SSSR count). The fourth-order valence-electron chi connectivity index (χ4n) is 2.46. The Labute approximate surface area is 126 Å². The van der Waals surface area contributed by atoms with E-state index >= 15 is 0 Å². The summed E-state index contributed by atoms with van der Waals surface area (Å²) < 4.78 is 7.84. The van der Waals surface area contributed by atoms with Crippen LogP contribution in [0.15, 0.2) is 18.2 Å². The maximum Gasteiger partial charge on any atom is 0.241 e.